The molecular formula is C20H17N3O4. The summed E-state index contributed by atoms with van der Waals surface area (Å²) in [5, 5.41) is 1.24. The lowest BCUT2D eigenvalue weighted by atomic mass is 10.0. The standard InChI is InChI=1S/C20H17N3O4/c1-2-26-20(25)27-16-10-22-18-17(16)13-9-11(7-8-15(13)23-19(18)24)12-5-3-4-6-14(12)21/h3-10,22H,2,21H2,1H3,(H,23,24). The lowest BCUT2D eigenvalue weighted by Crippen LogP contribution is -2.10. The van der Waals surface area contributed by atoms with Crippen LogP contribution in [-0.2, 0) is 4.74 Å². The molecule has 2 aromatic heterocycles. The highest BCUT2D eigenvalue weighted by Crippen LogP contribution is 2.34. The maximum absolute atomic E-state index is 12.3. The average molecular weight is 363 g/mol. The summed E-state index contributed by atoms with van der Waals surface area (Å²) >= 11 is 0. The van der Waals surface area contributed by atoms with Crippen LogP contribution in [0.5, 0.6) is 5.75 Å². The first-order chi connectivity index (χ1) is 13.1. The number of hydrogen-bond acceptors (Lipinski definition) is 5. The van der Waals surface area contributed by atoms with Crippen LogP contribution in [-0.4, -0.2) is 22.7 Å². The summed E-state index contributed by atoms with van der Waals surface area (Å²) in [5.41, 5.74) is 9.14. The third kappa shape index (κ3) is 2.89. The number of benzene rings is 2. The Labute approximate surface area is 153 Å². The second-order valence-electron chi connectivity index (χ2n) is 5.99. The van der Waals surface area contributed by atoms with Crippen molar-refractivity contribution in [3.8, 4) is 16.9 Å². The molecule has 0 fully saturated rings. The van der Waals surface area contributed by atoms with Gasteiger partial charge in [-0.15, -0.1) is 0 Å². The summed E-state index contributed by atoms with van der Waals surface area (Å²) in [4.78, 5) is 29.8. The van der Waals surface area contributed by atoms with Crippen LogP contribution in [0.1, 0.15) is 6.92 Å². The first kappa shape index (κ1) is 16.7. The van der Waals surface area contributed by atoms with E-state index in [1.165, 1.54) is 6.20 Å². The van der Waals surface area contributed by atoms with E-state index in [0.717, 1.165) is 16.5 Å². The fraction of sp³-hybridized carbons (Fsp3) is 0.100. The predicted molar refractivity (Wildman–Crippen MR) is 104 cm³/mol. The van der Waals surface area contributed by atoms with Gasteiger partial charge in [-0.3, -0.25) is 4.79 Å². The Morgan fingerprint density at radius 3 is 2.78 bits per heavy atom. The normalized spacial score (nSPS) is 11.0. The molecule has 7 heteroatoms. The lowest BCUT2D eigenvalue weighted by molar-refractivity contribution is 0.105. The molecule has 0 aliphatic heterocycles. The molecule has 0 aliphatic rings. The van der Waals surface area contributed by atoms with E-state index < -0.39 is 6.16 Å². The van der Waals surface area contributed by atoms with Crippen LogP contribution >= 0.6 is 0 Å². The average Bonchev–Trinajstić information content (AvgIpc) is 3.07. The van der Waals surface area contributed by atoms with Gasteiger partial charge >= 0.3 is 6.16 Å². The number of H-pyrrole nitrogens is 2. The minimum absolute atomic E-state index is 0.194. The number of carbonyl (C=O) groups is 1. The van der Waals surface area contributed by atoms with Crippen LogP contribution in [0.4, 0.5) is 10.5 Å². The SMILES string of the molecule is CCOC(=O)Oc1c[nH]c2c(=O)[nH]c3ccc(-c4ccccc4N)cc3c12. The van der Waals surface area contributed by atoms with Gasteiger partial charge in [0.05, 0.1) is 12.0 Å². The summed E-state index contributed by atoms with van der Waals surface area (Å²) in [7, 11) is 0. The monoisotopic (exact) mass is 363 g/mol. The number of rotatable bonds is 3. The van der Waals surface area contributed by atoms with Crippen LogP contribution in [0.3, 0.4) is 0 Å². The number of pyridine rings is 1. The molecule has 0 atom stereocenters. The molecule has 7 nitrogen and oxygen atoms in total. The van der Waals surface area contributed by atoms with Crippen molar-refractivity contribution in [3.05, 3.63) is 59.0 Å². The number of aromatic nitrogens is 2. The number of para-hydroxylation sites is 1. The van der Waals surface area contributed by atoms with Crippen molar-refractivity contribution in [2.45, 2.75) is 6.92 Å². The topological polar surface area (TPSA) is 110 Å². The van der Waals surface area contributed by atoms with Gasteiger partial charge in [0.25, 0.3) is 5.56 Å². The summed E-state index contributed by atoms with van der Waals surface area (Å²) in [6, 6.07) is 13.1. The number of carbonyl (C=O) groups excluding carboxylic acids is 1. The Kier molecular flexibility index (Phi) is 4.04. The molecule has 136 valence electrons. The molecule has 0 bridgehead atoms. The maximum atomic E-state index is 12.3. The van der Waals surface area contributed by atoms with Gasteiger partial charge in [0.2, 0.25) is 0 Å². The molecular weight excluding hydrogens is 346 g/mol. The van der Waals surface area contributed by atoms with Gasteiger partial charge < -0.3 is 25.2 Å². The van der Waals surface area contributed by atoms with Crippen LogP contribution in [0.15, 0.2) is 53.5 Å². The molecule has 4 aromatic rings. The first-order valence-electron chi connectivity index (χ1n) is 8.45. The van der Waals surface area contributed by atoms with Crippen LogP contribution in [0.25, 0.3) is 32.9 Å². The second kappa shape index (κ2) is 6.53. The van der Waals surface area contributed by atoms with Gasteiger partial charge in [-0.05, 0) is 30.7 Å². The Bertz CT molecular complexity index is 1220. The van der Waals surface area contributed by atoms with Gasteiger partial charge in [0, 0.05) is 28.4 Å². The fourth-order valence-corrected chi connectivity index (χ4v) is 3.14. The molecule has 0 aliphatic carbocycles. The number of nitrogens with two attached hydrogens (primary N) is 1. The smallest absolute Gasteiger partial charge is 0.434 e. The first-order valence-corrected chi connectivity index (χ1v) is 8.45. The Balaban J connectivity index is 1.96. The molecule has 0 radical (unpaired) electrons. The molecule has 4 rings (SSSR count). The van der Waals surface area contributed by atoms with Crippen molar-refractivity contribution in [1.29, 1.82) is 0 Å². The lowest BCUT2D eigenvalue weighted by Gasteiger charge is -2.09. The Hall–Kier alpha value is -3.74. The van der Waals surface area contributed by atoms with Crippen molar-refractivity contribution < 1.29 is 14.3 Å². The zero-order valence-electron chi connectivity index (χ0n) is 14.5. The van der Waals surface area contributed by atoms with E-state index in [1.54, 1.807) is 13.0 Å². The number of aromatic amines is 2. The van der Waals surface area contributed by atoms with E-state index in [1.807, 2.05) is 36.4 Å². The quantitative estimate of drug-likeness (QED) is 0.379. The van der Waals surface area contributed by atoms with Crippen molar-refractivity contribution in [1.82, 2.24) is 9.97 Å². The second-order valence-corrected chi connectivity index (χ2v) is 5.99. The molecule has 2 aromatic carbocycles. The molecule has 0 amide bonds. The molecule has 0 unspecified atom stereocenters. The van der Waals surface area contributed by atoms with Crippen molar-refractivity contribution >= 4 is 33.6 Å². The van der Waals surface area contributed by atoms with E-state index in [9.17, 15) is 9.59 Å². The number of nitrogens with one attached hydrogen (secondary N) is 2. The van der Waals surface area contributed by atoms with Gasteiger partial charge in [-0.2, -0.15) is 0 Å². The van der Waals surface area contributed by atoms with Gasteiger partial charge in [0.15, 0.2) is 5.75 Å². The van der Waals surface area contributed by atoms with Crippen LogP contribution in [0.2, 0.25) is 0 Å². The van der Waals surface area contributed by atoms with Gasteiger partial charge in [-0.1, -0.05) is 24.3 Å². The summed E-state index contributed by atoms with van der Waals surface area (Å²) in [5.74, 6) is 0.234. The largest absolute Gasteiger partial charge is 0.513 e. The number of nitrogen functional groups attached to an aromatic ring is 1. The highest BCUT2D eigenvalue weighted by molar-refractivity contribution is 6.09. The molecule has 0 spiro atoms. The number of anilines is 1. The highest BCUT2D eigenvalue weighted by atomic mass is 16.7. The van der Waals surface area contributed by atoms with Gasteiger partial charge in [0.1, 0.15) is 5.52 Å². The predicted octanol–water partition coefficient (Wildman–Crippen LogP) is 3.79. The van der Waals surface area contributed by atoms with E-state index in [0.29, 0.717) is 22.1 Å². The van der Waals surface area contributed by atoms with E-state index >= 15 is 0 Å². The fourth-order valence-electron chi connectivity index (χ4n) is 3.14. The molecule has 27 heavy (non-hydrogen) atoms. The highest BCUT2D eigenvalue weighted by Gasteiger charge is 2.17. The Morgan fingerprint density at radius 2 is 2.00 bits per heavy atom. The molecule has 0 saturated carbocycles. The van der Waals surface area contributed by atoms with E-state index in [-0.39, 0.29) is 17.9 Å². The van der Waals surface area contributed by atoms with Crippen molar-refractivity contribution in [2.24, 2.45) is 0 Å². The summed E-state index contributed by atoms with van der Waals surface area (Å²) in [6.07, 6.45) is 0.648. The van der Waals surface area contributed by atoms with Crippen LogP contribution < -0.4 is 16.0 Å². The molecule has 0 saturated heterocycles. The summed E-state index contributed by atoms with van der Waals surface area (Å²) in [6.45, 7) is 1.88. The van der Waals surface area contributed by atoms with Gasteiger partial charge in [-0.25, -0.2) is 4.79 Å². The van der Waals surface area contributed by atoms with E-state index in [2.05, 4.69) is 9.97 Å². The van der Waals surface area contributed by atoms with Crippen LogP contribution in [0, 0.1) is 0 Å². The molecule has 4 N–H and O–H groups in total. The maximum Gasteiger partial charge on any atom is 0.513 e. The zero-order valence-corrected chi connectivity index (χ0v) is 14.5. The minimum Gasteiger partial charge on any atom is -0.434 e. The summed E-state index contributed by atoms with van der Waals surface area (Å²) < 4.78 is 10.1. The minimum atomic E-state index is -0.824. The van der Waals surface area contributed by atoms with Crippen molar-refractivity contribution in [2.75, 3.05) is 12.3 Å². The molecule has 2 heterocycles. The number of fused-ring (bicyclic) bond motifs is 3. The third-order valence-corrected chi connectivity index (χ3v) is 4.34. The van der Waals surface area contributed by atoms with Crippen molar-refractivity contribution in [3.63, 3.8) is 0 Å². The number of hydrogen-bond donors (Lipinski definition) is 3. The Morgan fingerprint density at radius 1 is 1.19 bits per heavy atom. The zero-order chi connectivity index (χ0) is 19.0. The van der Waals surface area contributed by atoms with E-state index in [4.69, 9.17) is 15.2 Å². The number of ether oxygens (including phenoxy) is 2. The third-order valence-electron chi connectivity index (χ3n) is 4.34.